The number of cyclic esters (lactones) is 1. The van der Waals surface area contributed by atoms with Gasteiger partial charge in [0.2, 0.25) is 0 Å². The van der Waals surface area contributed by atoms with Crippen molar-refractivity contribution in [2.45, 2.75) is 199 Å². The Labute approximate surface area is 381 Å². The Morgan fingerprint density at radius 1 is 0.869 bits per heavy atom. The number of ketones is 1. The summed E-state index contributed by atoms with van der Waals surface area (Å²) in [5.74, 6) is -6.64. The van der Waals surface area contributed by atoms with Crippen molar-refractivity contribution < 1.29 is 80.4 Å². The molecule has 18 atom stereocenters. The van der Waals surface area contributed by atoms with Crippen molar-refractivity contribution >= 4 is 46.7 Å². The number of aliphatic hydroxyl groups excluding tert-OH is 2. The molecule has 3 aliphatic rings. The second-order valence-electron chi connectivity index (χ2n) is 18.2. The normalized spacial score (nSPS) is 43.1. The first-order valence-corrected chi connectivity index (χ1v) is 21.5. The zero-order valence-corrected chi connectivity index (χ0v) is 40.4. The molecule has 61 heavy (non-hydrogen) atoms. The van der Waals surface area contributed by atoms with Crippen molar-refractivity contribution in [1.29, 1.82) is 0 Å². The van der Waals surface area contributed by atoms with Gasteiger partial charge in [0.25, 0.3) is 0 Å². The molecule has 0 amide bonds. The molecule has 4 N–H and O–H groups in total. The van der Waals surface area contributed by atoms with Gasteiger partial charge >= 0.3 is 41.0 Å². The van der Waals surface area contributed by atoms with Crippen LogP contribution in [0.5, 0.6) is 0 Å². The van der Waals surface area contributed by atoms with Gasteiger partial charge in [-0.2, -0.15) is 0 Å². The molecule has 0 aromatic heterocycles. The predicted molar refractivity (Wildman–Crippen MR) is 224 cm³/mol. The van der Waals surface area contributed by atoms with Crippen LogP contribution in [0.3, 0.4) is 0 Å². The maximum Gasteiger partial charge on any atom is 2.00 e. The first-order chi connectivity index (χ1) is 27.8. The third kappa shape index (κ3) is 13.5. The van der Waals surface area contributed by atoms with Crippen LogP contribution in [0.15, 0.2) is 0 Å². The molecule has 3 heterocycles. The predicted octanol–water partition coefficient (Wildman–Crippen LogP) is 2.52. The molecule has 3 aliphatic heterocycles. The fourth-order valence-corrected chi connectivity index (χ4v) is 9.17. The number of hydrogen-bond acceptors (Lipinski definition) is 17. The van der Waals surface area contributed by atoms with Crippen LogP contribution in [0.25, 0.3) is 0 Å². The van der Waals surface area contributed by atoms with E-state index < -0.39 is 132 Å². The number of methoxy groups -OCH3 is 1. The van der Waals surface area contributed by atoms with Crippen molar-refractivity contribution in [3.63, 3.8) is 0 Å². The van der Waals surface area contributed by atoms with E-state index in [1.165, 1.54) is 27.9 Å². The Morgan fingerprint density at radius 2 is 1.48 bits per heavy atom. The molecule has 0 aromatic rings. The molecule has 0 aliphatic carbocycles. The van der Waals surface area contributed by atoms with Crippen LogP contribution in [-0.2, 0) is 57.1 Å². The summed E-state index contributed by atoms with van der Waals surface area (Å²) in [6.07, 6.45) is -11.1. The molecular formula is C43H77MgNO16. The van der Waals surface area contributed by atoms with Crippen LogP contribution in [0.4, 0.5) is 0 Å². The third-order valence-corrected chi connectivity index (χ3v) is 12.9. The van der Waals surface area contributed by atoms with E-state index in [0.717, 1.165) is 0 Å². The van der Waals surface area contributed by atoms with E-state index in [-0.39, 0.29) is 64.6 Å². The Bertz CT molecular complexity index is 1460. The van der Waals surface area contributed by atoms with Crippen LogP contribution in [-0.4, -0.2) is 184 Å². The zero-order chi connectivity index (χ0) is 45.7. The van der Waals surface area contributed by atoms with Gasteiger partial charge in [0.05, 0.1) is 73.1 Å². The number of aliphatic hydroxyl groups is 4. The van der Waals surface area contributed by atoms with Crippen LogP contribution in [0, 0.1) is 23.7 Å². The average Bonchev–Trinajstić information content (AvgIpc) is 3.17. The van der Waals surface area contributed by atoms with Gasteiger partial charge in [-0.05, 0) is 81.8 Å². The maximum absolute atomic E-state index is 14.3. The molecule has 3 rings (SSSR count). The van der Waals surface area contributed by atoms with Crippen molar-refractivity contribution in [3.05, 3.63) is 0 Å². The molecular weight excluding hydrogens is 811 g/mol. The molecule has 0 saturated carbocycles. The van der Waals surface area contributed by atoms with Gasteiger partial charge in [0, 0.05) is 31.3 Å². The number of rotatable bonds is 12. The summed E-state index contributed by atoms with van der Waals surface area (Å²) in [7, 11) is 5.09. The van der Waals surface area contributed by atoms with Gasteiger partial charge in [0.15, 0.2) is 18.7 Å². The Morgan fingerprint density at radius 3 is 2.03 bits per heavy atom. The summed E-state index contributed by atoms with van der Waals surface area (Å²) in [5, 5.41) is 46.8. The largest absolute Gasteiger partial charge is 2.00 e. The number of nitrogens with zero attached hydrogens (tertiary/aromatic N) is 1. The van der Waals surface area contributed by atoms with Crippen molar-refractivity contribution in [3.8, 4) is 0 Å². The van der Waals surface area contributed by atoms with Gasteiger partial charge in [-0.1, -0.05) is 27.7 Å². The van der Waals surface area contributed by atoms with E-state index in [0.29, 0.717) is 6.42 Å². The summed E-state index contributed by atoms with van der Waals surface area (Å²) in [4.78, 5) is 55.6. The van der Waals surface area contributed by atoms with Crippen LogP contribution in [0.1, 0.15) is 118 Å². The first kappa shape index (κ1) is 55.6. The standard InChI is InChI=1S/C43H75NO16.Mg.2H/c1-15-29-43(11,52)36(48)24(5)33(47)22(3)20-41(9,51)38(25(6)34(26(7)39(50)57-29)59-32-21-42(10,53-14)37(49)27(8)56-32)60-40-35(28(44(12)13)19-23(4)55-40)58-31(46)18-17-30(45)54-16-2;;;/h22-29,32,34-38,40,48-49,51-52H,15-21H2,1-14H3;;;/q;+2;2*-1/t22-,23-,24+,25+,26-,27+,28+,29-,32+,34+,35-,36-,37+,38-,40+,41-,42-,43-;;;/m1.../s1. The average molecular weight is 888 g/mol. The van der Waals surface area contributed by atoms with Gasteiger partial charge in [0.1, 0.15) is 23.6 Å². The minimum atomic E-state index is -2.04. The monoisotopic (exact) mass is 888 g/mol. The summed E-state index contributed by atoms with van der Waals surface area (Å²) < 4.78 is 48.8. The Kier molecular flexibility index (Phi) is 21.0. The number of carbonyl (C=O) groups is 4. The fraction of sp³-hybridized carbons (Fsp3) is 0.907. The molecule has 18 heteroatoms. The van der Waals surface area contributed by atoms with E-state index in [1.807, 2.05) is 25.9 Å². The molecule has 3 saturated heterocycles. The van der Waals surface area contributed by atoms with Crippen LogP contribution < -0.4 is 0 Å². The molecule has 17 nitrogen and oxygen atoms in total. The molecule has 0 radical (unpaired) electrons. The molecule has 0 spiro atoms. The van der Waals surface area contributed by atoms with E-state index in [9.17, 15) is 39.6 Å². The summed E-state index contributed by atoms with van der Waals surface area (Å²) in [5.41, 5.74) is -5.06. The minimum Gasteiger partial charge on any atom is -1.00 e. The SMILES string of the molecule is CCOC(=O)CCC(=O)O[C@H]1[C@H](O[C@@H]2[C@@H](C)[C@H](O[C@H]3C[C@@](C)(OC)[C@@H](O)[C@H](C)O3)[C@@H](C)C(=O)O[C@H](CC)[C@@](C)(O)[C@H](O)[C@@H](C)C(=O)[C@H](C)C[C@@]2(C)O)O[C@H](C)C[C@@H]1N(C)C.[H-].[H-].[Mg+2]. The quantitative estimate of drug-likeness (QED) is 0.125. The van der Waals surface area contributed by atoms with E-state index >= 15 is 0 Å². The van der Waals surface area contributed by atoms with Crippen molar-refractivity contribution in [2.24, 2.45) is 23.7 Å². The van der Waals surface area contributed by atoms with Gasteiger partial charge in [-0.3, -0.25) is 19.2 Å². The van der Waals surface area contributed by atoms with E-state index in [4.69, 9.17) is 37.9 Å². The summed E-state index contributed by atoms with van der Waals surface area (Å²) >= 11 is 0. The molecule has 3 fully saturated rings. The Balaban J connectivity index is 0.0000128. The third-order valence-electron chi connectivity index (χ3n) is 12.9. The van der Waals surface area contributed by atoms with E-state index in [2.05, 4.69) is 0 Å². The number of ether oxygens (including phenoxy) is 8. The van der Waals surface area contributed by atoms with Gasteiger partial charge < -0.3 is 66.1 Å². The number of hydrogen-bond donors (Lipinski definition) is 4. The summed E-state index contributed by atoms with van der Waals surface area (Å²) in [6.45, 7) is 17.9. The Hall–Kier alpha value is -1.55. The maximum atomic E-state index is 14.3. The van der Waals surface area contributed by atoms with Crippen molar-refractivity contribution in [2.75, 3.05) is 27.8 Å². The number of Topliss-reactive ketones (excluding diaryl/α,β-unsaturated/α-hetero) is 1. The minimum absolute atomic E-state index is 0. The van der Waals surface area contributed by atoms with Crippen LogP contribution >= 0.6 is 0 Å². The second-order valence-corrected chi connectivity index (χ2v) is 18.2. The van der Waals surface area contributed by atoms with Gasteiger partial charge in [-0.25, -0.2) is 0 Å². The smallest absolute Gasteiger partial charge is 1.00 e. The molecule has 0 bridgehead atoms. The first-order valence-electron chi connectivity index (χ1n) is 21.5. The molecule has 352 valence electrons. The number of esters is 3. The zero-order valence-electron chi connectivity index (χ0n) is 41.0. The summed E-state index contributed by atoms with van der Waals surface area (Å²) in [6, 6.07) is -0.443. The molecule has 0 unspecified atom stereocenters. The number of likely N-dealkylation sites (N-methyl/N-ethyl adjacent to an activating group) is 1. The topological polar surface area (TPSA) is 226 Å². The van der Waals surface area contributed by atoms with Gasteiger partial charge in [-0.15, -0.1) is 0 Å². The van der Waals surface area contributed by atoms with Crippen molar-refractivity contribution in [1.82, 2.24) is 4.90 Å². The second kappa shape index (κ2) is 23.1. The number of carbonyl (C=O) groups excluding carboxylic acids is 4. The van der Waals surface area contributed by atoms with Crippen LogP contribution in [0.2, 0.25) is 0 Å². The molecule has 0 aromatic carbocycles. The van der Waals surface area contributed by atoms with E-state index in [1.54, 1.807) is 48.5 Å². The fourth-order valence-electron chi connectivity index (χ4n) is 9.17.